The van der Waals surface area contributed by atoms with Crippen LogP contribution in [-0.4, -0.2) is 45.3 Å². The van der Waals surface area contributed by atoms with Crippen LogP contribution in [0, 0.1) is 17.4 Å². The Kier molecular flexibility index (Phi) is 7.47. The van der Waals surface area contributed by atoms with E-state index in [0.29, 0.717) is 6.61 Å². The molecule has 2 nitrogen and oxygen atoms in total. The van der Waals surface area contributed by atoms with Crippen molar-refractivity contribution in [2.45, 2.75) is 77.0 Å². The third kappa shape index (κ3) is 4.85. The average Bonchev–Trinajstić information content (AvgIpc) is 2.51. The molecular weight excluding hydrogens is 286 g/mol. The number of hydrogen-bond donors (Lipinski definition) is 0. The first kappa shape index (κ1) is 18.0. The van der Waals surface area contributed by atoms with Crippen molar-refractivity contribution in [3.05, 3.63) is 0 Å². The molecule has 2 fully saturated rings. The Hall–Kier alpha value is -0.303. The summed E-state index contributed by atoms with van der Waals surface area (Å²) in [5.41, 5.74) is 3.61. The Labute approximate surface area is 139 Å². The van der Waals surface area contributed by atoms with Gasteiger partial charge in [-0.1, -0.05) is 26.7 Å². The first-order chi connectivity index (χ1) is 10.7. The molecule has 0 spiro atoms. The second kappa shape index (κ2) is 9.10. The number of likely N-dealkylation sites (tertiary alicyclic amines) is 1. The molecule has 0 aromatic rings. The van der Waals surface area contributed by atoms with Crippen LogP contribution >= 0.6 is 0 Å². The maximum atomic E-state index is 5.87. The normalized spacial score (nSPS) is 26.1. The van der Waals surface area contributed by atoms with Crippen LogP contribution in [0.4, 0.5) is 0 Å². The second-order valence-electron chi connectivity index (χ2n) is 7.22. The Balaban J connectivity index is 1.61. The van der Waals surface area contributed by atoms with Crippen LogP contribution in [0.15, 0.2) is 0 Å². The number of ether oxygens (including phenoxy) is 1. The Morgan fingerprint density at radius 1 is 1.00 bits per heavy atom. The Bertz CT molecular complexity index is 362. The highest BCUT2D eigenvalue weighted by Gasteiger charge is 2.28. The smallest absolute Gasteiger partial charge is 0.137 e. The van der Waals surface area contributed by atoms with Gasteiger partial charge in [-0.25, -0.2) is 0 Å². The third-order valence-corrected chi connectivity index (χ3v) is 10.9. The summed E-state index contributed by atoms with van der Waals surface area (Å²) in [7, 11) is -1.27. The van der Waals surface area contributed by atoms with Crippen LogP contribution in [0.5, 0.6) is 0 Å². The third-order valence-electron chi connectivity index (χ3n) is 6.13. The molecule has 0 atom stereocenters. The maximum Gasteiger partial charge on any atom is 0.137 e. The molecule has 0 radical (unpaired) electrons. The molecule has 22 heavy (non-hydrogen) atoms. The highest BCUT2D eigenvalue weighted by Crippen LogP contribution is 2.30. The van der Waals surface area contributed by atoms with E-state index in [4.69, 9.17) is 4.74 Å². The SMILES string of the molecule is CC[Si](C#CCOCC1CCC(N2CCC2)CC1)(CC)CC. The molecule has 2 aliphatic rings. The van der Waals surface area contributed by atoms with Gasteiger partial charge in [0, 0.05) is 6.04 Å². The van der Waals surface area contributed by atoms with E-state index in [1.54, 1.807) is 0 Å². The van der Waals surface area contributed by atoms with Crippen molar-refractivity contribution >= 4 is 8.07 Å². The highest BCUT2D eigenvalue weighted by molar-refractivity contribution is 6.87. The zero-order chi connectivity index (χ0) is 15.8. The van der Waals surface area contributed by atoms with Gasteiger partial charge in [-0.3, -0.25) is 0 Å². The number of rotatable bonds is 7. The van der Waals surface area contributed by atoms with Gasteiger partial charge in [-0.2, -0.15) is 0 Å². The van der Waals surface area contributed by atoms with Crippen molar-refractivity contribution in [3.63, 3.8) is 0 Å². The van der Waals surface area contributed by atoms with Crippen molar-refractivity contribution in [2.75, 3.05) is 26.3 Å². The van der Waals surface area contributed by atoms with Crippen molar-refractivity contribution in [3.8, 4) is 11.5 Å². The largest absolute Gasteiger partial charge is 0.369 e. The lowest BCUT2D eigenvalue weighted by Gasteiger charge is -2.41. The van der Waals surface area contributed by atoms with Gasteiger partial charge in [0.1, 0.15) is 14.7 Å². The summed E-state index contributed by atoms with van der Waals surface area (Å²) in [6.07, 6.45) is 6.90. The van der Waals surface area contributed by atoms with Crippen molar-refractivity contribution in [1.82, 2.24) is 4.90 Å². The summed E-state index contributed by atoms with van der Waals surface area (Å²) in [6, 6.07) is 4.74. The van der Waals surface area contributed by atoms with Gasteiger partial charge in [0.15, 0.2) is 0 Å². The first-order valence-electron chi connectivity index (χ1n) is 9.54. The van der Waals surface area contributed by atoms with Crippen LogP contribution in [0.2, 0.25) is 18.1 Å². The molecule has 1 saturated carbocycles. The highest BCUT2D eigenvalue weighted by atomic mass is 28.3. The second-order valence-corrected chi connectivity index (χ2v) is 12.2. The fraction of sp³-hybridized carbons (Fsp3) is 0.895. The van der Waals surface area contributed by atoms with Crippen LogP contribution in [0.1, 0.15) is 52.9 Å². The molecular formula is C19H35NOSi. The fourth-order valence-electron chi connectivity index (χ4n) is 3.90. The van der Waals surface area contributed by atoms with E-state index < -0.39 is 8.07 Å². The standard InChI is InChI=1S/C19H35NOSi/c1-4-22(5-2,6-3)16-8-15-21-17-18-9-11-19(12-10-18)20-13-7-14-20/h18-19H,4-7,9-15,17H2,1-3H3. The predicted molar refractivity (Wildman–Crippen MR) is 97.7 cm³/mol. The van der Waals surface area contributed by atoms with Crippen molar-refractivity contribution < 1.29 is 4.74 Å². The van der Waals surface area contributed by atoms with Gasteiger partial charge in [0.2, 0.25) is 0 Å². The summed E-state index contributed by atoms with van der Waals surface area (Å²) in [5, 5.41) is 0. The molecule has 0 aromatic carbocycles. The minimum atomic E-state index is -1.27. The first-order valence-corrected chi connectivity index (χ1v) is 12.2. The molecule has 0 amide bonds. The monoisotopic (exact) mass is 321 g/mol. The zero-order valence-electron chi connectivity index (χ0n) is 15.0. The summed E-state index contributed by atoms with van der Waals surface area (Å²) in [5.74, 6) is 4.13. The lowest BCUT2D eigenvalue weighted by atomic mass is 9.85. The lowest BCUT2D eigenvalue weighted by Crippen LogP contribution is -2.46. The number of hydrogen-bond acceptors (Lipinski definition) is 2. The zero-order valence-corrected chi connectivity index (χ0v) is 16.0. The Morgan fingerprint density at radius 3 is 2.14 bits per heavy atom. The fourth-order valence-corrected chi connectivity index (χ4v) is 6.38. The molecule has 0 bridgehead atoms. The minimum Gasteiger partial charge on any atom is -0.369 e. The predicted octanol–water partition coefficient (Wildman–Crippen LogP) is 4.32. The van der Waals surface area contributed by atoms with Crippen molar-refractivity contribution in [2.24, 2.45) is 5.92 Å². The topological polar surface area (TPSA) is 12.5 Å². The average molecular weight is 322 g/mol. The molecule has 1 saturated heterocycles. The summed E-state index contributed by atoms with van der Waals surface area (Å²) < 4.78 is 5.87. The van der Waals surface area contributed by atoms with Crippen LogP contribution in [0.3, 0.4) is 0 Å². The molecule has 2 rings (SSSR count). The minimum absolute atomic E-state index is 0.654. The molecule has 0 aromatic heterocycles. The summed E-state index contributed by atoms with van der Waals surface area (Å²) >= 11 is 0. The van der Waals surface area contributed by atoms with Gasteiger partial charge in [-0.15, -0.1) is 5.54 Å². The summed E-state index contributed by atoms with van der Waals surface area (Å²) in [6.45, 7) is 11.2. The van der Waals surface area contributed by atoms with E-state index in [-0.39, 0.29) is 0 Å². The van der Waals surface area contributed by atoms with E-state index in [1.165, 1.54) is 63.3 Å². The lowest BCUT2D eigenvalue weighted by molar-refractivity contribution is 0.0527. The molecule has 1 heterocycles. The Morgan fingerprint density at radius 2 is 1.64 bits per heavy atom. The van der Waals surface area contributed by atoms with Crippen LogP contribution in [0.25, 0.3) is 0 Å². The van der Waals surface area contributed by atoms with Gasteiger partial charge < -0.3 is 9.64 Å². The molecule has 3 heteroatoms. The van der Waals surface area contributed by atoms with Gasteiger partial charge in [0.05, 0.1) is 6.61 Å². The molecule has 0 unspecified atom stereocenters. The van der Waals surface area contributed by atoms with E-state index in [2.05, 4.69) is 37.1 Å². The van der Waals surface area contributed by atoms with E-state index in [1.807, 2.05) is 0 Å². The molecule has 126 valence electrons. The van der Waals surface area contributed by atoms with Gasteiger partial charge >= 0.3 is 0 Å². The molecule has 1 aliphatic carbocycles. The van der Waals surface area contributed by atoms with Gasteiger partial charge in [0.25, 0.3) is 0 Å². The molecule has 0 N–H and O–H groups in total. The van der Waals surface area contributed by atoms with Crippen LogP contribution < -0.4 is 0 Å². The maximum absolute atomic E-state index is 5.87. The van der Waals surface area contributed by atoms with E-state index in [0.717, 1.165) is 18.6 Å². The molecule has 1 aliphatic heterocycles. The quantitative estimate of drug-likeness (QED) is 0.393. The van der Waals surface area contributed by atoms with Gasteiger partial charge in [-0.05, 0) is 69.2 Å². The van der Waals surface area contributed by atoms with Crippen LogP contribution in [-0.2, 0) is 4.74 Å². The van der Waals surface area contributed by atoms with E-state index >= 15 is 0 Å². The summed E-state index contributed by atoms with van der Waals surface area (Å²) in [4.78, 5) is 2.67. The van der Waals surface area contributed by atoms with E-state index in [9.17, 15) is 0 Å². The van der Waals surface area contributed by atoms with Crippen molar-refractivity contribution in [1.29, 1.82) is 0 Å². The number of nitrogens with zero attached hydrogens (tertiary/aromatic N) is 1.